The maximum atomic E-state index is 14.2. The van der Waals surface area contributed by atoms with Gasteiger partial charge in [-0.05, 0) is 30.3 Å². The van der Waals surface area contributed by atoms with Gasteiger partial charge in [0.15, 0.2) is 0 Å². The number of benzene rings is 2. The molecule has 1 aliphatic rings. The minimum atomic E-state index is -0.821. The molecular formula is C21H15FN4O3S. The van der Waals surface area contributed by atoms with Gasteiger partial charge in [0.25, 0.3) is 5.91 Å². The summed E-state index contributed by atoms with van der Waals surface area (Å²) in [5, 5.41) is 32.5. The number of carbonyl (C=O) groups excluding carboxylic acids is 1. The molecule has 0 bridgehead atoms. The van der Waals surface area contributed by atoms with Gasteiger partial charge in [0.05, 0.1) is 46.4 Å². The Bertz CT molecular complexity index is 1240. The lowest BCUT2D eigenvalue weighted by Gasteiger charge is -2.29. The molecule has 2 N–H and O–H groups in total. The van der Waals surface area contributed by atoms with Crippen molar-refractivity contribution in [2.24, 2.45) is 0 Å². The number of hydrogen-bond acceptors (Lipinski definition) is 7. The highest BCUT2D eigenvalue weighted by Crippen LogP contribution is 2.45. The Balaban J connectivity index is 1.75. The smallest absolute Gasteiger partial charge is 0.259 e. The number of fused-ring (bicyclic) bond motifs is 1. The van der Waals surface area contributed by atoms with Gasteiger partial charge in [0, 0.05) is 18.5 Å². The molecule has 4 rings (SSSR count). The zero-order chi connectivity index (χ0) is 21.3. The summed E-state index contributed by atoms with van der Waals surface area (Å²) in [5.74, 6) is -1.47. The van der Waals surface area contributed by atoms with E-state index in [2.05, 4.69) is 11.4 Å². The Morgan fingerprint density at radius 1 is 1.20 bits per heavy atom. The standard InChI is InChI=1S/C21H15FN4O3S/c22-16-9-12(10-23)1-2-14(16)20(28)25-21-15(11-24)13-3-4-17(27)18(19(13)30-21)26-5-7-29-8-6-26/h1-4,9,27H,5-8H2,(H,25,28). The lowest BCUT2D eigenvalue weighted by Crippen LogP contribution is -2.36. The number of aromatic hydroxyl groups is 1. The zero-order valence-electron chi connectivity index (χ0n) is 15.6. The molecule has 30 heavy (non-hydrogen) atoms. The van der Waals surface area contributed by atoms with E-state index < -0.39 is 11.7 Å². The van der Waals surface area contributed by atoms with Crippen molar-refractivity contribution in [3.63, 3.8) is 0 Å². The van der Waals surface area contributed by atoms with Crippen LogP contribution in [-0.2, 0) is 4.74 Å². The second-order valence-corrected chi connectivity index (χ2v) is 7.61. The van der Waals surface area contributed by atoms with Gasteiger partial charge in [-0.15, -0.1) is 11.3 Å². The van der Waals surface area contributed by atoms with Crippen molar-refractivity contribution in [2.75, 3.05) is 36.5 Å². The number of thiophene rings is 1. The molecule has 1 aromatic heterocycles. The highest BCUT2D eigenvalue weighted by molar-refractivity contribution is 7.24. The van der Waals surface area contributed by atoms with Crippen LogP contribution in [0.1, 0.15) is 21.5 Å². The van der Waals surface area contributed by atoms with E-state index >= 15 is 0 Å². The predicted octanol–water partition coefficient (Wildman–Crippen LogP) is 3.58. The maximum absolute atomic E-state index is 14.2. The van der Waals surface area contributed by atoms with Crippen molar-refractivity contribution in [1.29, 1.82) is 10.5 Å². The number of halogens is 1. The molecule has 0 aliphatic carbocycles. The molecule has 1 saturated heterocycles. The number of nitrogens with one attached hydrogen (secondary N) is 1. The number of rotatable bonds is 3. The van der Waals surface area contributed by atoms with Crippen LogP contribution in [0.5, 0.6) is 5.75 Å². The van der Waals surface area contributed by atoms with Gasteiger partial charge in [0.1, 0.15) is 22.6 Å². The molecule has 2 heterocycles. The fourth-order valence-electron chi connectivity index (χ4n) is 3.37. The van der Waals surface area contributed by atoms with E-state index in [0.29, 0.717) is 42.1 Å². The van der Waals surface area contributed by atoms with Crippen LogP contribution in [0.2, 0.25) is 0 Å². The minimum Gasteiger partial charge on any atom is -0.506 e. The predicted molar refractivity (Wildman–Crippen MR) is 110 cm³/mol. The topological polar surface area (TPSA) is 109 Å². The van der Waals surface area contributed by atoms with Gasteiger partial charge in [-0.25, -0.2) is 4.39 Å². The van der Waals surface area contributed by atoms with Crippen molar-refractivity contribution < 1.29 is 19.0 Å². The fraction of sp³-hybridized carbons (Fsp3) is 0.190. The quantitative estimate of drug-likeness (QED) is 0.668. The van der Waals surface area contributed by atoms with Crippen molar-refractivity contribution in [1.82, 2.24) is 0 Å². The molecule has 9 heteroatoms. The Kier molecular flexibility index (Phi) is 5.23. The lowest BCUT2D eigenvalue weighted by atomic mass is 10.1. The SMILES string of the molecule is N#Cc1ccc(C(=O)Nc2sc3c(N4CCOCC4)c(O)ccc3c2C#N)c(F)c1. The fourth-order valence-corrected chi connectivity index (χ4v) is 4.58. The summed E-state index contributed by atoms with van der Waals surface area (Å²) >= 11 is 1.15. The van der Waals surface area contributed by atoms with Crippen molar-refractivity contribution >= 4 is 38.0 Å². The van der Waals surface area contributed by atoms with Crippen LogP contribution in [-0.4, -0.2) is 37.3 Å². The van der Waals surface area contributed by atoms with Gasteiger partial charge in [-0.2, -0.15) is 10.5 Å². The molecule has 0 atom stereocenters. The summed E-state index contributed by atoms with van der Waals surface area (Å²) < 4.78 is 20.2. The van der Waals surface area contributed by atoms with Gasteiger partial charge in [-0.3, -0.25) is 4.79 Å². The van der Waals surface area contributed by atoms with Crippen LogP contribution >= 0.6 is 11.3 Å². The summed E-state index contributed by atoms with van der Waals surface area (Å²) in [5.41, 5.74) is 0.704. The van der Waals surface area contributed by atoms with E-state index in [0.717, 1.165) is 17.4 Å². The number of nitrogens with zero attached hydrogens (tertiary/aromatic N) is 3. The third kappa shape index (κ3) is 3.41. The molecule has 1 aliphatic heterocycles. The first-order valence-electron chi connectivity index (χ1n) is 9.05. The molecule has 0 saturated carbocycles. The largest absolute Gasteiger partial charge is 0.506 e. The molecule has 2 aromatic carbocycles. The maximum Gasteiger partial charge on any atom is 0.259 e. The van der Waals surface area contributed by atoms with Gasteiger partial charge in [0.2, 0.25) is 0 Å². The average Bonchev–Trinajstić information content (AvgIpc) is 3.10. The Morgan fingerprint density at radius 3 is 2.63 bits per heavy atom. The Hall–Kier alpha value is -3.66. The number of hydrogen-bond donors (Lipinski definition) is 2. The van der Waals surface area contributed by atoms with Crippen molar-refractivity contribution in [3.8, 4) is 17.9 Å². The van der Waals surface area contributed by atoms with Crippen LogP contribution in [0.3, 0.4) is 0 Å². The molecule has 1 fully saturated rings. The highest BCUT2D eigenvalue weighted by Gasteiger charge is 2.24. The number of nitriles is 2. The number of carbonyl (C=O) groups is 1. The first-order chi connectivity index (χ1) is 14.5. The van der Waals surface area contributed by atoms with Crippen LogP contribution in [0.25, 0.3) is 10.1 Å². The van der Waals surface area contributed by atoms with Gasteiger partial charge in [-0.1, -0.05) is 0 Å². The molecule has 1 amide bonds. The van der Waals surface area contributed by atoms with Gasteiger partial charge >= 0.3 is 0 Å². The van der Waals surface area contributed by atoms with Crippen LogP contribution in [0.4, 0.5) is 15.1 Å². The molecule has 0 radical (unpaired) electrons. The number of phenolic OH excluding ortho intramolecular Hbond substituents is 1. The van der Waals surface area contributed by atoms with Crippen LogP contribution in [0.15, 0.2) is 30.3 Å². The molecule has 150 valence electrons. The van der Waals surface area contributed by atoms with Gasteiger partial charge < -0.3 is 20.1 Å². The van der Waals surface area contributed by atoms with Crippen molar-refractivity contribution in [3.05, 3.63) is 52.8 Å². The number of morpholine rings is 1. The monoisotopic (exact) mass is 422 g/mol. The van der Waals surface area contributed by atoms with E-state index in [-0.39, 0.29) is 27.4 Å². The summed E-state index contributed by atoms with van der Waals surface area (Å²) in [6, 6.07) is 10.6. The first-order valence-corrected chi connectivity index (χ1v) is 9.87. The number of amides is 1. The second kappa shape index (κ2) is 7.99. The number of ether oxygens (including phenoxy) is 1. The van der Waals surface area contributed by atoms with Crippen LogP contribution in [0, 0.1) is 28.5 Å². The van der Waals surface area contributed by atoms with E-state index in [9.17, 15) is 19.6 Å². The summed E-state index contributed by atoms with van der Waals surface area (Å²) in [7, 11) is 0. The molecule has 3 aromatic rings. The van der Waals surface area contributed by atoms with E-state index in [1.54, 1.807) is 6.07 Å². The van der Waals surface area contributed by atoms with E-state index in [1.807, 2.05) is 11.0 Å². The van der Waals surface area contributed by atoms with E-state index in [1.165, 1.54) is 18.2 Å². The average molecular weight is 422 g/mol. The zero-order valence-corrected chi connectivity index (χ0v) is 16.4. The summed E-state index contributed by atoms with van der Waals surface area (Å²) in [4.78, 5) is 14.6. The lowest BCUT2D eigenvalue weighted by molar-refractivity contribution is 0.102. The Labute approximate surface area is 175 Å². The molecule has 0 spiro atoms. The second-order valence-electron chi connectivity index (χ2n) is 6.59. The van der Waals surface area contributed by atoms with Crippen LogP contribution < -0.4 is 10.2 Å². The normalized spacial score (nSPS) is 13.6. The number of anilines is 2. The minimum absolute atomic E-state index is 0.0751. The molecular weight excluding hydrogens is 407 g/mol. The third-order valence-electron chi connectivity index (χ3n) is 4.82. The summed E-state index contributed by atoms with van der Waals surface area (Å²) in [6.07, 6.45) is 0. The summed E-state index contributed by atoms with van der Waals surface area (Å²) in [6.45, 7) is 2.22. The Morgan fingerprint density at radius 2 is 1.97 bits per heavy atom. The number of phenols is 1. The van der Waals surface area contributed by atoms with Crippen molar-refractivity contribution in [2.45, 2.75) is 0 Å². The highest BCUT2D eigenvalue weighted by atomic mass is 32.1. The third-order valence-corrected chi connectivity index (χ3v) is 5.95. The van der Waals surface area contributed by atoms with E-state index in [4.69, 9.17) is 10.00 Å². The molecule has 7 nitrogen and oxygen atoms in total. The molecule has 0 unspecified atom stereocenters. The first kappa shape index (κ1) is 19.6.